The fraction of sp³-hybridized carbons (Fsp3) is 0.394. The molecule has 0 amide bonds. The van der Waals surface area contributed by atoms with Gasteiger partial charge in [0, 0.05) is 39.8 Å². The van der Waals surface area contributed by atoms with E-state index in [1.807, 2.05) is 53.7 Å². The lowest BCUT2D eigenvalue weighted by atomic mass is 9.79. The van der Waals surface area contributed by atoms with E-state index in [0.29, 0.717) is 22.3 Å². The van der Waals surface area contributed by atoms with Crippen molar-refractivity contribution in [1.82, 2.24) is 0 Å². The summed E-state index contributed by atoms with van der Waals surface area (Å²) in [6, 6.07) is 52.9. The number of hydrogen-bond acceptors (Lipinski definition) is 4. The molecular formula is C99H114F6O4. The highest BCUT2D eigenvalue weighted by Gasteiger charge is 2.36. The molecule has 2 atom stereocenters. The van der Waals surface area contributed by atoms with Gasteiger partial charge in [-0.05, 0) is 280 Å². The lowest BCUT2D eigenvalue weighted by Gasteiger charge is -2.27. The van der Waals surface area contributed by atoms with Crippen LogP contribution in [0.4, 0.5) is 26.3 Å². The summed E-state index contributed by atoms with van der Waals surface area (Å²) in [7, 11) is 0. The van der Waals surface area contributed by atoms with Gasteiger partial charge in [0.05, 0.1) is 23.3 Å². The molecule has 4 nitrogen and oxygen atoms in total. The van der Waals surface area contributed by atoms with Crippen LogP contribution in [0, 0.1) is 0 Å². The zero-order valence-electron chi connectivity index (χ0n) is 68.6. The molecule has 0 aliphatic rings. The fourth-order valence-corrected chi connectivity index (χ4v) is 15.7. The van der Waals surface area contributed by atoms with Crippen LogP contribution in [0.2, 0.25) is 0 Å². The summed E-state index contributed by atoms with van der Waals surface area (Å²) in [5.74, 6) is 0.866. The smallest absolute Gasteiger partial charge is 0.416 e. The van der Waals surface area contributed by atoms with Crippen LogP contribution in [0.3, 0.4) is 0 Å². The molecule has 0 aliphatic carbocycles. The van der Waals surface area contributed by atoms with Gasteiger partial charge in [0.2, 0.25) is 0 Å². The number of aromatic hydroxyl groups is 2. The zero-order valence-corrected chi connectivity index (χ0v) is 68.6. The van der Waals surface area contributed by atoms with Crippen LogP contribution in [-0.2, 0) is 23.2 Å². The Morgan fingerprint density at radius 3 is 0.688 bits per heavy atom. The number of hydrogen-bond donors (Lipinski definition) is 2. The number of rotatable bonds is 22. The molecule has 0 aromatic heterocycles. The van der Waals surface area contributed by atoms with Gasteiger partial charge in [0.1, 0.15) is 23.0 Å². The molecule has 0 radical (unpaired) electrons. The van der Waals surface area contributed by atoms with Gasteiger partial charge in [-0.25, -0.2) is 0 Å². The van der Waals surface area contributed by atoms with E-state index in [4.69, 9.17) is 9.47 Å². The first-order chi connectivity index (χ1) is 50.8. The van der Waals surface area contributed by atoms with Crippen molar-refractivity contribution in [3.8, 4) is 112 Å². The van der Waals surface area contributed by atoms with E-state index in [0.717, 1.165) is 79.9 Å². The van der Waals surface area contributed by atoms with E-state index >= 15 is 26.3 Å². The second-order valence-electron chi connectivity index (χ2n) is 34.9. The first-order valence-electron chi connectivity index (χ1n) is 39.2. The third-order valence-corrected chi connectivity index (χ3v) is 21.6. The summed E-state index contributed by atoms with van der Waals surface area (Å²) < 4.78 is 106. The van der Waals surface area contributed by atoms with Crippen molar-refractivity contribution in [2.24, 2.45) is 0 Å². The summed E-state index contributed by atoms with van der Waals surface area (Å²) in [4.78, 5) is 0. The first-order valence-corrected chi connectivity index (χ1v) is 39.2. The monoisotopic (exact) mass is 1480 g/mol. The van der Waals surface area contributed by atoms with Crippen molar-refractivity contribution in [2.45, 2.75) is 255 Å². The molecule has 0 saturated heterocycles. The minimum Gasteiger partial charge on any atom is -0.507 e. The minimum atomic E-state index is -4.79. The third-order valence-electron chi connectivity index (χ3n) is 21.6. The molecule has 0 unspecified atom stereocenters. The Morgan fingerprint density at radius 2 is 0.477 bits per heavy atom. The van der Waals surface area contributed by atoms with E-state index in [9.17, 15) is 10.2 Å². The lowest BCUT2D eigenvalue weighted by molar-refractivity contribution is -0.138. The van der Waals surface area contributed by atoms with Gasteiger partial charge in [-0.3, -0.25) is 0 Å². The van der Waals surface area contributed by atoms with Crippen LogP contribution < -0.4 is 9.47 Å². The van der Waals surface area contributed by atoms with Crippen LogP contribution in [0.15, 0.2) is 170 Å². The standard InChI is InChI=1S/C99H114F6O4/c1-54(2)74-29-25-30-75(55(3)4)90(74)66-42-64(43-67(46-66)91-76(56(5)6)31-26-32-77(91)57(7)8)82-50-72(96(19,20)21)52-86(94(82)106)84-48-70(98(100,101)102)37-39-88(84)108-62(17)41-63(18)109-89-40-38-71(99(103,104)105)49-85(89)87-53-73(97(22,23)24)51-83(95(87)107)65-44-68(92-78(58(9)10)33-27-34-79(92)59(11)12)47-69(45-65)93-80(60(13)14)35-28-36-81(93)61(15)16/h25-40,42-63,106-107H,41H2,1-24H3/t62-,63+. The molecule has 576 valence electrons. The lowest BCUT2D eigenvalue weighted by Crippen LogP contribution is -2.23. The topological polar surface area (TPSA) is 58.9 Å². The van der Waals surface area contributed by atoms with E-state index < -0.39 is 46.5 Å². The summed E-state index contributed by atoms with van der Waals surface area (Å²) in [5, 5.41) is 26.6. The van der Waals surface area contributed by atoms with Crippen molar-refractivity contribution < 1.29 is 46.0 Å². The Balaban J connectivity index is 1.12. The predicted molar refractivity (Wildman–Crippen MR) is 445 cm³/mol. The van der Waals surface area contributed by atoms with E-state index in [1.54, 1.807) is 26.0 Å². The van der Waals surface area contributed by atoms with Crippen molar-refractivity contribution in [3.05, 3.63) is 237 Å². The van der Waals surface area contributed by atoms with Crippen molar-refractivity contribution in [1.29, 1.82) is 0 Å². The van der Waals surface area contributed by atoms with Gasteiger partial charge in [-0.2, -0.15) is 26.3 Å². The van der Waals surface area contributed by atoms with Crippen LogP contribution in [0.25, 0.3) is 89.0 Å². The number of phenolic OH excluding ortho intramolecular Hbond substituents is 2. The molecule has 0 heterocycles. The van der Waals surface area contributed by atoms with Crippen LogP contribution >= 0.6 is 0 Å². The van der Waals surface area contributed by atoms with Crippen molar-refractivity contribution >= 4 is 0 Å². The molecule has 10 aromatic carbocycles. The number of ether oxygens (including phenoxy) is 2. The van der Waals surface area contributed by atoms with E-state index in [2.05, 4.69) is 220 Å². The first kappa shape index (κ1) is 82.5. The quantitative estimate of drug-likeness (QED) is 0.0664. The maximum atomic E-state index is 15.3. The third kappa shape index (κ3) is 17.8. The van der Waals surface area contributed by atoms with Gasteiger partial charge in [-0.15, -0.1) is 0 Å². The van der Waals surface area contributed by atoms with E-state index in [1.165, 1.54) is 56.6 Å². The highest BCUT2D eigenvalue weighted by Crippen LogP contribution is 2.53. The summed E-state index contributed by atoms with van der Waals surface area (Å²) >= 11 is 0. The van der Waals surface area contributed by atoms with Crippen LogP contribution in [0.5, 0.6) is 23.0 Å². The maximum Gasteiger partial charge on any atom is 0.416 e. The molecule has 0 spiro atoms. The van der Waals surface area contributed by atoms with Gasteiger partial charge in [0.25, 0.3) is 0 Å². The molecule has 10 heteroatoms. The van der Waals surface area contributed by atoms with Gasteiger partial charge < -0.3 is 19.7 Å². The van der Waals surface area contributed by atoms with Crippen molar-refractivity contribution in [3.63, 3.8) is 0 Å². The summed E-state index contributed by atoms with van der Waals surface area (Å²) in [6.07, 6.45) is -11.1. The average Bonchev–Trinajstić information content (AvgIpc) is 0.752. The number of phenols is 2. The molecule has 0 aliphatic heterocycles. The highest BCUT2D eigenvalue weighted by molar-refractivity contribution is 5.93. The Hall–Kier alpha value is -9.02. The Labute approximate surface area is 646 Å². The van der Waals surface area contributed by atoms with Crippen molar-refractivity contribution in [2.75, 3.05) is 0 Å². The number of benzene rings is 10. The molecular weight excluding hydrogens is 1370 g/mol. The van der Waals surface area contributed by atoms with Gasteiger partial charge in [0.15, 0.2) is 0 Å². The largest absolute Gasteiger partial charge is 0.507 e. The fourth-order valence-electron chi connectivity index (χ4n) is 15.7. The highest BCUT2D eigenvalue weighted by atomic mass is 19.4. The molecule has 0 saturated carbocycles. The molecule has 0 fully saturated rings. The maximum absolute atomic E-state index is 15.3. The Kier molecular flexibility index (Phi) is 24.3. The number of alkyl halides is 6. The Bertz CT molecular complexity index is 4380. The van der Waals surface area contributed by atoms with Gasteiger partial charge >= 0.3 is 12.4 Å². The molecule has 2 N–H and O–H groups in total. The Morgan fingerprint density at radius 1 is 0.266 bits per heavy atom. The van der Waals surface area contributed by atoms with Gasteiger partial charge in [-0.1, -0.05) is 225 Å². The normalized spacial score (nSPS) is 13.2. The summed E-state index contributed by atoms with van der Waals surface area (Å²) in [6.45, 7) is 50.8. The number of halogens is 6. The SMILES string of the molecule is CC(C)c1cccc(C(C)C)c1-c1cc(-c2cc(C(C)(C)C)cc(-c3cc(C(F)(F)F)ccc3O[C@H](C)C[C@H](C)Oc3ccc(C(F)(F)F)cc3-c3cc(C(C)(C)C)cc(-c4cc(-c5c(C(C)C)cccc5C(C)C)cc(-c5c(C(C)C)cccc5C(C)C)c4)c3O)c2O)cc(-c2c(C(C)C)cccc2C(C)C)c1. The second-order valence-corrected chi connectivity index (χ2v) is 34.9. The van der Waals surface area contributed by atoms with Crippen LogP contribution in [0.1, 0.15) is 287 Å². The van der Waals surface area contributed by atoms with Crippen LogP contribution in [-0.4, -0.2) is 22.4 Å². The molecule has 10 rings (SSSR count). The summed E-state index contributed by atoms with van der Waals surface area (Å²) in [5.41, 5.74) is 18.6. The zero-order chi connectivity index (χ0) is 80.2. The molecule has 10 aromatic rings. The predicted octanol–water partition coefficient (Wildman–Crippen LogP) is 30.7. The molecule has 109 heavy (non-hydrogen) atoms. The molecule has 0 bridgehead atoms. The average molecular weight is 1480 g/mol. The second kappa shape index (κ2) is 32.1. The minimum absolute atomic E-state index is 0.0117. The van der Waals surface area contributed by atoms with E-state index in [-0.39, 0.29) is 99.0 Å².